The standard InChI is InChI=1S/C32H33N3O5S2/c1-3-14-38-31(37)33-18-23-6-4-7-25(15-23)26-8-5-9-27(16-26)30-39-28(20-41-32-35-34-21(2)42-32)17-29(40-30)24-12-10-22(19-36)11-13-24/h3-13,15-16,28-30,36H,1,14,17-20H2,2H3,(H,33,37). The largest absolute Gasteiger partial charge is 0.445 e. The molecule has 1 aliphatic rings. The zero-order valence-corrected chi connectivity index (χ0v) is 24.9. The smallest absolute Gasteiger partial charge is 0.407 e. The van der Waals surface area contributed by atoms with Crippen LogP contribution in [0.25, 0.3) is 11.1 Å². The summed E-state index contributed by atoms with van der Waals surface area (Å²) < 4.78 is 19.0. The van der Waals surface area contributed by atoms with Crippen molar-refractivity contribution in [3.8, 4) is 11.1 Å². The lowest BCUT2D eigenvalue weighted by Crippen LogP contribution is -2.31. The highest BCUT2D eigenvalue weighted by Gasteiger charge is 2.32. The molecule has 2 N–H and O–H groups in total. The Bertz CT molecular complexity index is 1490. The Morgan fingerprint density at radius 1 is 1.07 bits per heavy atom. The van der Waals surface area contributed by atoms with Gasteiger partial charge in [-0.15, -0.1) is 10.2 Å². The van der Waals surface area contributed by atoms with Gasteiger partial charge in [0.25, 0.3) is 0 Å². The van der Waals surface area contributed by atoms with Gasteiger partial charge in [-0.1, -0.05) is 96.4 Å². The molecule has 1 saturated heterocycles. The van der Waals surface area contributed by atoms with E-state index in [1.165, 1.54) is 6.08 Å². The quantitative estimate of drug-likeness (QED) is 0.143. The molecule has 0 bridgehead atoms. The van der Waals surface area contributed by atoms with E-state index in [0.29, 0.717) is 13.0 Å². The molecule has 218 valence electrons. The number of aromatic nitrogens is 2. The van der Waals surface area contributed by atoms with Crippen molar-refractivity contribution in [2.24, 2.45) is 0 Å². The molecular formula is C32H33N3O5S2. The van der Waals surface area contributed by atoms with E-state index in [0.717, 1.165) is 48.5 Å². The average Bonchev–Trinajstić information content (AvgIpc) is 3.46. The van der Waals surface area contributed by atoms with E-state index in [1.54, 1.807) is 23.1 Å². The van der Waals surface area contributed by atoms with Crippen molar-refractivity contribution in [1.82, 2.24) is 15.5 Å². The number of aliphatic hydroxyl groups excluding tert-OH is 1. The summed E-state index contributed by atoms with van der Waals surface area (Å²) in [4.78, 5) is 11.8. The number of aliphatic hydroxyl groups is 1. The minimum atomic E-state index is -0.563. The molecule has 1 fully saturated rings. The van der Waals surface area contributed by atoms with E-state index in [1.807, 2.05) is 73.7 Å². The fourth-order valence-corrected chi connectivity index (χ4v) is 6.47. The Morgan fingerprint density at radius 3 is 2.60 bits per heavy atom. The Hall–Kier alpha value is -3.54. The number of nitrogens with one attached hydrogen (secondary N) is 1. The molecule has 0 spiro atoms. The zero-order valence-electron chi connectivity index (χ0n) is 23.3. The van der Waals surface area contributed by atoms with E-state index >= 15 is 0 Å². The third-order valence-electron chi connectivity index (χ3n) is 6.70. The van der Waals surface area contributed by atoms with Crippen LogP contribution in [-0.4, -0.2) is 39.9 Å². The molecule has 1 aliphatic heterocycles. The van der Waals surface area contributed by atoms with Gasteiger partial charge in [0.1, 0.15) is 11.6 Å². The van der Waals surface area contributed by atoms with Gasteiger partial charge in [0.05, 0.1) is 18.8 Å². The van der Waals surface area contributed by atoms with Crippen LogP contribution in [0, 0.1) is 6.92 Å². The Balaban J connectivity index is 1.34. The highest BCUT2D eigenvalue weighted by atomic mass is 32.2. The molecule has 0 radical (unpaired) electrons. The van der Waals surface area contributed by atoms with Gasteiger partial charge in [-0.05, 0) is 46.9 Å². The summed E-state index contributed by atoms with van der Waals surface area (Å²) in [6, 6.07) is 24.1. The number of amides is 1. The molecule has 10 heteroatoms. The van der Waals surface area contributed by atoms with Crippen molar-refractivity contribution in [2.75, 3.05) is 12.4 Å². The van der Waals surface area contributed by atoms with E-state index < -0.39 is 12.4 Å². The van der Waals surface area contributed by atoms with Gasteiger partial charge in [0.2, 0.25) is 0 Å². The van der Waals surface area contributed by atoms with Crippen LogP contribution in [0.2, 0.25) is 0 Å². The molecule has 1 amide bonds. The molecule has 4 aromatic rings. The van der Waals surface area contributed by atoms with Crippen molar-refractivity contribution < 1.29 is 24.1 Å². The lowest BCUT2D eigenvalue weighted by Gasteiger charge is -2.36. The molecule has 42 heavy (non-hydrogen) atoms. The number of carbonyl (C=O) groups is 1. The summed E-state index contributed by atoms with van der Waals surface area (Å²) in [6.07, 6.45) is 0.943. The van der Waals surface area contributed by atoms with Crippen molar-refractivity contribution in [2.45, 2.75) is 49.3 Å². The van der Waals surface area contributed by atoms with Crippen LogP contribution < -0.4 is 5.32 Å². The van der Waals surface area contributed by atoms with Crippen molar-refractivity contribution in [1.29, 1.82) is 0 Å². The summed E-state index contributed by atoms with van der Waals surface area (Å²) >= 11 is 3.23. The third kappa shape index (κ3) is 8.05. The second kappa shape index (κ2) is 14.6. The third-order valence-corrected chi connectivity index (χ3v) is 8.81. The fourth-order valence-electron chi connectivity index (χ4n) is 4.61. The molecule has 0 aliphatic carbocycles. The molecule has 2 heterocycles. The van der Waals surface area contributed by atoms with Gasteiger partial charge in [0.15, 0.2) is 10.6 Å². The number of nitrogens with zero attached hydrogens (tertiary/aromatic N) is 2. The van der Waals surface area contributed by atoms with E-state index in [9.17, 15) is 9.90 Å². The molecule has 5 rings (SSSR count). The van der Waals surface area contributed by atoms with Crippen LogP contribution in [0.4, 0.5) is 4.79 Å². The van der Waals surface area contributed by atoms with Crippen molar-refractivity contribution >= 4 is 29.2 Å². The molecule has 3 unspecified atom stereocenters. The summed E-state index contributed by atoms with van der Waals surface area (Å²) in [5, 5.41) is 21.6. The van der Waals surface area contributed by atoms with Crippen LogP contribution in [-0.2, 0) is 27.4 Å². The van der Waals surface area contributed by atoms with Crippen LogP contribution in [0.15, 0.2) is 89.8 Å². The Labute approximate surface area is 253 Å². The monoisotopic (exact) mass is 603 g/mol. The van der Waals surface area contributed by atoms with Crippen LogP contribution >= 0.6 is 23.1 Å². The Kier molecular flexibility index (Phi) is 10.4. The maximum atomic E-state index is 11.8. The second-order valence-corrected chi connectivity index (χ2v) is 12.3. The molecule has 3 aromatic carbocycles. The first-order valence-electron chi connectivity index (χ1n) is 13.6. The SMILES string of the molecule is C=CCOC(=O)NCc1cccc(-c2cccc(C3OC(CSc4nnc(C)s4)CC(c4ccc(CO)cc4)O3)c2)c1. The summed E-state index contributed by atoms with van der Waals surface area (Å²) in [7, 11) is 0. The van der Waals surface area contributed by atoms with E-state index in [-0.39, 0.29) is 25.4 Å². The second-order valence-electron chi connectivity index (χ2n) is 9.81. The highest BCUT2D eigenvalue weighted by molar-refractivity contribution is 8.01. The highest BCUT2D eigenvalue weighted by Crippen LogP contribution is 2.40. The van der Waals surface area contributed by atoms with Crippen LogP contribution in [0.1, 0.15) is 46.1 Å². The first-order chi connectivity index (χ1) is 20.5. The first-order valence-corrected chi connectivity index (χ1v) is 15.4. The maximum absolute atomic E-state index is 11.8. The topological polar surface area (TPSA) is 103 Å². The number of benzene rings is 3. The molecule has 1 aromatic heterocycles. The first kappa shape index (κ1) is 29.9. The lowest BCUT2D eigenvalue weighted by atomic mass is 9.99. The van der Waals surface area contributed by atoms with Gasteiger partial charge in [-0.25, -0.2) is 4.79 Å². The average molecular weight is 604 g/mol. The van der Waals surface area contributed by atoms with Crippen LogP contribution in [0.5, 0.6) is 0 Å². The number of thioether (sulfide) groups is 1. The Morgan fingerprint density at radius 2 is 1.86 bits per heavy atom. The number of aryl methyl sites for hydroxylation is 1. The minimum absolute atomic E-state index is 0.00151. The lowest BCUT2D eigenvalue weighted by molar-refractivity contribution is -0.245. The predicted octanol–water partition coefficient (Wildman–Crippen LogP) is 6.76. The summed E-state index contributed by atoms with van der Waals surface area (Å²) in [5.74, 6) is 0.726. The number of rotatable bonds is 11. The minimum Gasteiger partial charge on any atom is -0.445 e. The fraction of sp³-hybridized carbons (Fsp3) is 0.281. The van der Waals surface area contributed by atoms with Gasteiger partial charge >= 0.3 is 6.09 Å². The van der Waals surface area contributed by atoms with Gasteiger partial charge in [-0.2, -0.15) is 0 Å². The van der Waals surface area contributed by atoms with Gasteiger partial charge < -0.3 is 24.6 Å². The van der Waals surface area contributed by atoms with E-state index in [2.05, 4.69) is 28.2 Å². The maximum Gasteiger partial charge on any atom is 0.407 e. The number of carbonyl (C=O) groups excluding carboxylic acids is 1. The molecular weight excluding hydrogens is 571 g/mol. The zero-order chi connectivity index (χ0) is 29.3. The number of ether oxygens (including phenoxy) is 3. The number of alkyl carbamates (subject to hydrolysis) is 1. The van der Waals surface area contributed by atoms with Gasteiger partial charge in [0, 0.05) is 24.3 Å². The van der Waals surface area contributed by atoms with Gasteiger partial charge in [-0.3, -0.25) is 0 Å². The predicted molar refractivity (Wildman–Crippen MR) is 164 cm³/mol. The number of hydrogen-bond donors (Lipinski definition) is 2. The van der Waals surface area contributed by atoms with Crippen LogP contribution in [0.3, 0.4) is 0 Å². The molecule has 0 saturated carbocycles. The normalized spacial score (nSPS) is 18.4. The van der Waals surface area contributed by atoms with Crippen molar-refractivity contribution in [3.63, 3.8) is 0 Å². The molecule has 3 atom stereocenters. The van der Waals surface area contributed by atoms with Crippen molar-refractivity contribution in [3.05, 3.63) is 113 Å². The van der Waals surface area contributed by atoms with E-state index in [4.69, 9.17) is 14.2 Å². The molecule has 8 nitrogen and oxygen atoms in total. The summed E-state index contributed by atoms with van der Waals surface area (Å²) in [5.41, 5.74) is 5.81. The number of hydrogen-bond acceptors (Lipinski definition) is 9. The summed E-state index contributed by atoms with van der Waals surface area (Å²) in [6.45, 7) is 6.02.